The van der Waals surface area contributed by atoms with Crippen LogP contribution in [-0.2, 0) is 16.1 Å². The highest BCUT2D eigenvalue weighted by Gasteiger charge is 2.17. The molecule has 0 aliphatic rings. The summed E-state index contributed by atoms with van der Waals surface area (Å²) in [6.45, 7) is 6.20. The molecule has 1 rings (SSSR count). The molecule has 90 valence electrons. The van der Waals surface area contributed by atoms with Crippen LogP contribution in [0.25, 0.3) is 0 Å². The van der Waals surface area contributed by atoms with Gasteiger partial charge in [0, 0.05) is 6.92 Å². The summed E-state index contributed by atoms with van der Waals surface area (Å²) in [6.07, 6.45) is 0.662. The van der Waals surface area contributed by atoms with Gasteiger partial charge in [0.15, 0.2) is 5.82 Å². The Labute approximate surface area is 94.4 Å². The molecular formula is C10H17N3O3. The molecule has 1 aromatic heterocycles. The Morgan fingerprint density at radius 1 is 1.56 bits per heavy atom. The van der Waals surface area contributed by atoms with E-state index in [9.17, 15) is 4.79 Å². The minimum atomic E-state index is -0.321. The summed E-state index contributed by atoms with van der Waals surface area (Å²) in [5.74, 6) is 0.812. The van der Waals surface area contributed by atoms with Crippen LogP contribution in [0.5, 0.6) is 0 Å². The lowest BCUT2D eigenvalue weighted by Crippen LogP contribution is -2.37. The van der Waals surface area contributed by atoms with E-state index in [1.807, 2.05) is 6.92 Å². The van der Waals surface area contributed by atoms with E-state index in [0.29, 0.717) is 31.3 Å². The highest BCUT2D eigenvalue weighted by Crippen LogP contribution is 1.99. The van der Waals surface area contributed by atoms with E-state index < -0.39 is 0 Å². The molecule has 0 fully saturated rings. The molecule has 6 heteroatoms. The molecular weight excluding hydrogens is 210 g/mol. The van der Waals surface area contributed by atoms with Crippen LogP contribution in [0.3, 0.4) is 0 Å². The lowest BCUT2D eigenvalue weighted by molar-refractivity contribution is -0.145. The Hall–Kier alpha value is -1.43. The first-order chi connectivity index (χ1) is 7.67. The molecule has 0 aromatic carbocycles. The van der Waals surface area contributed by atoms with Crippen molar-refractivity contribution in [2.24, 2.45) is 0 Å². The van der Waals surface area contributed by atoms with E-state index in [1.54, 1.807) is 13.8 Å². The number of nitrogens with zero attached hydrogens (tertiary/aromatic N) is 2. The summed E-state index contributed by atoms with van der Waals surface area (Å²) in [7, 11) is 0. The van der Waals surface area contributed by atoms with Crippen LogP contribution in [0.15, 0.2) is 4.52 Å². The molecule has 0 saturated heterocycles. The molecule has 0 saturated carbocycles. The molecule has 1 N–H and O–H groups in total. The number of nitrogens with one attached hydrogen (secondary N) is 1. The Morgan fingerprint density at radius 3 is 2.81 bits per heavy atom. The van der Waals surface area contributed by atoms with Gasteiger partial charge in [0.1, 0.15) is 6.04 Å². The molecule has 16 heavy (non-hydrogen) atoms. The fourth-order valence-electron chi connectivity index (χ4n) is 1.26. The molecule has 0 radical (unpaired) electrons. The van der Waals surface area contributed by atoms with Crippen LogP contribution in [0.2, 0.25) is 0 Å². The first kappa shape index (κ1) is 12.6. The second-order valence-corrected chi connectivity index (χ2v) is 3.32. The number of carbonyl (C=O) groups is 1. The summed E-state index contributed by atoms with van der Waals surface area (Å²) < 4.78 is 9.74. The number of hydrogen-bond donors (Lipinski definition) is 1. The normalized spacial score (nSPS) is 12.4. The standard InChI is InChI=1S/C10H17N3O3/c1-4-8(10(14)15-5-2)11-6-9-12-7(3)16-13-9/h8,11H,4-6H2,1-3H3. The molecule has 6 nitrogen and oxygen atoms in total. The van der Waals surface area contributed by atoms with Gasteiger partial charge in [-0.15, -0.1) is 0 Å². The fourth-order valence-corrected chi connectivity index (χ4v) is 1.26. The predicted molar refractivity (Wildman–Crippen MR) is 56.6 cm³/mol. The van der Waals surface area contributed by atoms with Gasteiger partial charge in [-0.1, -0.05) is 12.1 Å². The van der Waals surface area contributed by atoms with Gasteiger partial charge in [-0.25, -0.2) is 0 Å². The third-order valence-corrected chi connectivity index (χ3v) is 2.06. The van der Waals surface area contributed by atoms with Gasteiger partial charge in [-0.3, -0.25) is 10.1 Å². The maximum atomic E-state index is 11.5. The van der Waals surface area contributed by atoms with Crippen LogP contribution < -0.4 is 5.32 Å². The number of aromatic nitrogens is 2. The summed E-state index contributed by atoms with van der Waals surface area (Å²) >= 11 is 0. The lowest BCUT2D eigenvalue weighted by Gasteiger charge is -2.13. The van der Waals surface area contributed by atoms with Gasteiger partial charge in [-0.2, -0.15) is 4.98 Å². The highest BCUT2D eigenvalue weighted by atomic mass is 16.5. The second kappa shape index (κ2) is 6.22. The van der Waals surface area contributed by atoms with E-state index in [0.717, 1.165) is 0 Å². The third kappa shape index (κ3) is 3.62. The molecule has 0 amide bonds. The molecule has 0 aliphatic carbocycles. The van der Waals surface area contributed by atoms with Crippen molar-refractivity contribution in [2.75, 3.05) is 6.61 Å². The number of rotatable bonds is 6. The van der Waals surface area contributed by atoms with Crippen molar-refractivity contribution >= 4 is 5.97 Å². The number of hydrogen-bond acceptors (Lipinski definition) is 6. The monoisotopic (exact) mass is 227 g/mol. The zero-order chi connectivity index (χ0) is 12.0. The van der Waals surface area contributed by atoms with Crippen molar-refractivity contribution in [3.8, 4) is 0 Å². The number of esters is 1. The lowest BCUT2D eigenvalue weighted by atomic mass is 10.2. The van der Waals surface area contributed by atoms with E-state index in [1.165, 1.54) is 0 Å². The van der Waals surface area contributed by atoms with Crippen LogP contribution >= 0.6 is 0 Å². The van der Waals surface area contributed by atoms with Gasteiger partial charge >= 0.3 is 5.97 Å². The van der Waals surface area contributed by atoms with Gasteiger partial charge in [0.05, 0.1) is 13.2 Å². The van der Waals surface area contributed by atoms with Crippen molar-refractivity contribution in [1.82, 2.24) is 15.5 Å². The minimum Gasteiger partial charge on any atom is -0.465 e. The molecule has 1 aromatic rings. The molecule has 0 spiro atoms. The van der Waals surface area contributed by atoms with Crippen molar-refractivity contribution < 1.29 is 14.1 Å². The van der Waals surface area contributed by atoms with E-state index in [-0.39, 0.29) is 12.0 Å². The Morgan fingerprint density at radius 2 is 2.31 bits per heavy atom. The molecule has 1 unspecified atom stereocenters. The average molecular weight is 227 g/mol. The number of aryl methyl sites for hydroxylation is 1. The topological polar surface area (TPSA) is 77.2 Å². The van der Waals surface area contributed by atoms with Gasteiger partial charge in [0.2, 0.25) is 5.89 Å². The molecule has 0 aliphatic heterocycles. The minimum absolute atomic E-state index is 0.245. The van der Waals surface area contributed by atoms with Crippen LogP contribution in [0.4, 0.5) is 0 Å². The maximum Gasteiger partial charge on any atom is 0.323 e. The van der Waals surface area contributed by atoms with Crippen molar-refractivity contribution in [1.29, 1.82) is 0 Å². The fraction of sp³-hybridized carbons (Fsp3) is 0.700. The zero-order valence-corrected chi connectivity index (χ0v) is 9.82. The summed E-state index contributed by atoms with van der Waals surface area (Å²) in [4.78, 5) is 15.5. The summed E-state index contributed by atoms with van der Waals surface area (Å²) in [5, 5.41) is 6.75. The predicted octanol–water partition coefficient (Wildman–Crippen LogP) is 0.809. The van der Waals surface area contributed by atoms with Crippen molar-refractivity contribution in [2.45, 2.75) is 39.8 Å². The molecule has 1 atom stereocenters. The van der Waals surface area contributed by atoms with Crippen LogP contribution in [-0.4, -0.2) is 28.8 Å². The molecule has 1 heterocycles. The quantitative estimate of drug-likeness (QED) is 0.725. The average Bonchev–Trinajstić information content (AvgIpc) is 2.65. The smallest absolute Gasteiger partial charge is 0.323 e. The second-order valence-electron chi connectivity index (χ2n) is 3.32. The first-order valence-electron chi connectivity index (χ1n) is 5.36. The maximum absolute atomic E-state index is 11.5. The zero-order valence-electron chi connectivity index (χ0n) is 9.82. The summed E-state index contributed by atoms with van der Waals surface area (Å²) in [5.41, 5.74) is 0. The Balaban J connectivity index is 2.42. The molecule has 0 bridgehead atoms. The Bertz CT molecular complexity index is 338. The largest absolute Gasteiger partial charge is 0.465 e. The van der Waals surface area contributed by atoms with Crippen LogP contribution in [0.1, 0.15) is 32.0 Å². The highest BCUT2D eigenvalue weighted by molar-refractivity contribution is 5.75. The van der Waals surface area contributed by atoms with E-state index >= 15 is 0 Å². The first-order valence-corrected chi connectivity index (χ1v) is 5.36. The summed E-state index contributed by atoms with van der Waals surface area (Å²) in [6, 6.07) is -0.321. The van der Waals surface area contributed by atoms with Gasteiger partial charge in [0.25, 0.3) is 0 Å². The number of ether oxygens (including phenoxy) is 1. The van der Waals surface area contributed by atoms with E-state index in [2.05, 4.69) is 15.5 Å². The van der Waals surface area contributed by atoms with Crippen molar-refractivity contribution in [3.05, 3.63) is 11.7 Å². The SMILES string of the molecule is CCOC(=O)C(CC)NCc1noc(C)n1. The van der Waals surface area contributed by atoms with Crippen molar-refractivity contribution in [3.63, 3.8) is 0 Å². The third-order valence-electron chi connectivity index (χ3n) is 2.06. The van der Waals surface area contributed by atoms with Gasteiger partial charge < -0.3 is 9.26 Å². The van der Waals surface area contributed by atoms with E-state index in [4.69, 9.17) is 9.26 Å². The number of carbonyl (C=O) groups excluding carboxylic acids is 1. The van der Waals surface area contributed by atoms with Gasteiger partial charge in [-0.05, 0) is 13.3 Å². The Kier molecular flexibility index (Phi) is 4.91. The van der Waals surface area contributed by atoms with Crippen LogP contribution in [0, 0.1) is 6.92 Å².